The summed E-state index contributed by atoms with van der Waals surface area (Å²) < 4.78 is 10.8. The van der Waals surface area contributed by atoms with Crippen molar-refractivity contribution in [2.75, 3.05) is 25.0 Å². The molecule has 0 radical (unpaired) electrons. The fourth-order valence-electron chi connectivity index (χ4n) is 2.90. The molecular weight excluding hydrogens is 350 g/mol. The van der Waals surface area contributed by atoms with Crippen LogP contribution in [0.1, 0.15) is 27.2 Å². The molecule has 0 bridgehead atoms. The van der Waals surface area contributed by atoms with Crippen molar-refractivity contribution in [2.24, 2.45) is 0 Å². The first kappa shape index (κ1) is 20.7. The minimum Gasteiger partial charge on any atom is -0.452 e. The number of nitrogens with zero attached hydrogens (tertiary/aromatic N) is 1. The van der Waals surface area contributed by atoms with E-state index < -0.39 is 18.1 Å². The van der Waals surface area contributed by atoms with E-state index in [4.69, 9.17) is 9.47 Å². The molecule has 1 aliphatic rings. The molecule has 0 spiro atoms. The van der Waals surface area contributed by atoms with Crippen LogP contribution in [0.25, 0.3) is 0 Å². The van der Waals surface area contributed by atoms with Crippen LogP contribution in [0.4, 0.5) is 10.5 Å². The highest BCUT2D eigenvalue weighted by Crippen LogP contribution is 2.13. The van der Waals surface area contributed by atoms with Crippen LogP contribution in [0, 0.1) is 0 Å². The minimum absolute atomic E-state index is 0.0181. The molecule has 0 unspecified atom stereocenters. The lowest BCUT2D eigenvalue weighted by Crippen LogP contribution is -2.51. The first-order valence-corrected chi connectivity index (χ1v) is 9.08. The lowest BCUT2D eigenvalue weighted by Gasteiger charge is -2.36. The Morgan fingerprint density at radius 1 is 1.19 bits per heavy atom. The van der Waals surface area contributed by atoms with Crippen LogP contribution < -0.4 is 10.6 Å². The van der Waals surface area contributed by atoms with E-state index >= 15 is 0 Å². The second-order valence-corrected chi connectivity index (χ2v) is 6.63. The van der Waals surface area contributed by atoms with Gasteiger partial charge in [0.05, 0.1) is 18.6 Å². The van der Waals surface area contributed by atoms with E-state index in [-0.39, 0.29) is 31.1 Å². The highest BCUT2D eigenvalue weighted by molar-refractivity contribution is 5.89. The summed E-state index contributed by atoms with van der Waals surface area (Å²) in [6.07, 6.45) is -0.982. The molecule has 1 aromatic carbocycles. The number of benzene rings is 1. The van der Waals surface area contributed by atoms with Crippen molar-refractivity contribution >= 4 is 23.6 Å². The Morgan fingerprint density at radius 2 is 1.81 bits per heavy atom. The number of hydrogen-bond donors (Lipinski definition) is 2. The normalized spacial score (nSPS) is 20.5. The number of esters is 1. The number of amides is 3. The maximum Gasteiger partial charge on any atom is 0.319 e. The number of carbonyl (C=O) groups excluding carboxylic acids is 3. The molecular formula is C19H27N3O5. The van der Waals surface area contributed by atoms with Crippen molar-refractivity contribution in [1.29, 1.82) is 0 Å². The van der Waals surface area contributed by atoms with Gasteiger partial charge in [-0.25, -0.2) is 4.79 Å². The summed E-state index contributed by atoms with van der Waals surface area (Å²) in [5, 5.41) is 5.23. The third-order valence-corrected chi connectivity index (χ3v) is 4.03. The van der Waals surface area contributed by atoms with Crippen LogP contribution in [0.5, 0.6) is 0 Å². The summed E-state index contributed by atoms with van der Waals surface area (Å²) in [6.45, 7) is 6.43. The predicted octanol–water partition coefficient (Wildman–Crippen LogP) is 1.77. The number of hydrogen-bond acceptors (Lipinski definition) is 5. The quantitative estimate of drug-likeness (QED) is 0.737. The number of nitrogens with one attached hydrogen (secondary N) is 2. The average Bonchev–Trinajstić information content (AvgIpc) is 2.61. The molecule has 1 fully saturated rings. The van der Waals surface area contributed by atoms with Gasteiger partial charge in [0.25, 0.3) is 5.91 Å². The smallest absolute Gasteiger partial charge is 0.319 e. The molecule has 8 nitrogen and oxygen atoms in total. The van der Waals surface area contributed by atoms with Gasteiger partial charge in [0.15, 0.2) is 6.10 Å². The third-order valence-electron chi connectivity index (χ3n) is 4.03. The van der Waals surface area contributed by atoms with E-state index in [1.807, 2.05) is 19.9 Å². The summed E-state index contributed by atoms with van der Waals surface area (Å²) in [6, 6.07) is 8.57. The van der Waals surface area contributed by atoms with Crippen LogP contribution in [0.2, 0.25) is 0 Å². The Kier molecular flexibility index (Phi) is 7.60. The Labute approximate surface area is 159 Å². The summed E-state index contributed by atoms with van der Waals surface area (Å²) in [5.41, 5.74) is 0.658. The third kappa shape index (κ3) is 6.90. The molecule has 148 valence electrons. The van der Waals surface area contributed by atoms with Crippen LogP contribution in [0.3, 0.4) is 0 Å². The Morgan fingerprint density at radius 3 is 2.44 bits per heavy atom. The van der Waals surface area contributed by atoms with Crippen LogP contribution in [-0.2, 0) is 19.1 Å². The molecule has 2 rings (SSSR count). The zero-order chi connectivity index (χ0) is 19.8. The summed E-state index contributed by atoms with van der Waals surface area (Å²) in [7, 11) is 0. The van der Waals surface area contributed by atoms with Gasteiger partial charge in [-0.05, 0) is 32.9 Å². The molecule has 0 saturated carbocycles. The highest BCUT2D eigenvalue weighted by atomic mass is 16.5. The summed E-state index contributed by atoms with van der Waals surface area (Å²) >= 11 is 0. The fraction of sp³-hybridized carbons (Fsp3) is 0.526. The Balaban J connectivity index is 1.68. The minimum atomic E-state index is -0.867. The zero-order valence-corrected chi connectivity index (χ0v) is 15.9. The second-order valence-electron chi connectivity index (χ2n) is 6.63. The van der Waals surface area contributed by atoms with Crippen molar-refractivity contribution in [2.45, 2.75) is 45.5 Å². The van der Waals surface area contributed by atoms with E-state index in [1.54, 1.807) is 36.1 Å². The number of para-hydroxylation sites is 1. The molecule has 27 heavy (non-hydrogen) atoms. The van der Waals surface area contributed by atoms with Crippen molar-refractivity contribution in [3.63, 3.8) is 0 Å². The molecule has 0 aliphatic carbocycles. The number of morpholine rings is 1. The first-order chi connectivity index (χ1) is 12.8. The molecule has 0 aromatic heterocycles. The van der Waals surface area contributed by atoms with Gasteiger partial charge in [0.1, 0.15) is 0 Å². The highest BCUT2D eigenvalue weighted by Gasteiger charge is 2.30. The predicted molar refractivity (Wildman–Crippen MR) is 100 cm³/mol. The molecule has 2 N–H and O–H groups in total. The van der Waals surface area contributed by atoms with Gasteiger partial charge in [0.2, 0.25) is 0 Å². The molecule has 3 amide bonds. The number of rotatable bonds is 6. The van der Waals surface area contributed by atoms with Gasteiger partial charge in [-0.3, -0.25) is 9.59 Å². The Bertz CT molecular complexity index is 642. The standard InChI is InChI=1S/C19H27N3O5/c1-13-11-22(12-14(2)26-13)18(24)15(3)27-17(23)9-10-20-19(25)21-16-7-5-4-6-8-16/h4-8,13-15H,9-12H2,1-3H3,(H2,20,21,25)/t13-,14+,15-/m1/s1. The lowest BCUT2D eigenvalue weighted by atomic mass is 10.2. The Hall–Kier alpha value is -2.61. The van der Waals surface area contributed by atoms with Crippen molar-refractivity contribution in [1.82, 2.24) is 10.2 Å². The fourth-order valence-corrected chi connectivity index (χ4v) is 2.90. The van der Waals surface area contributed by atoms with Gasteiger partial charge in [0, 0.05) is 25.3 Å². The van der Waals surface area contributed by atoms with E-state index in [2.05, 4.69) is 10.6 Å². The van der Waals surface area contributed by atoms with Gasteiger partial charge >= 0.3 is 12.0 Å². The van der Waals surface area contributed by atoms with E-state index in [0.717, 1.165) is 0 Å². The van der Waals surface area contributed by atoms with E-state index in [1.165, 1.54) is 0 Å². The molecule has 1 aliphatic heterocycles. The topological polar surface area (TPSA) is 97.0 Å². The van der Waals surface area contributed by atoms with Crippen molar-refractivity contribution < 1.29 is 23.9 Å². The second kappa shape index (κ2) is 9.91. The lowest BCUT2D eigenvalue weighted by molar-refractivity contribution is -0.164. The number of urea groups is 1. The summed E-state index contributed by atoms with van der Waals surface area (Å²) in [4.78, 5) is 37.7. The molecule has 1 saturated heterocycles. The van der Waals surface area contributed by atoms with Crippen LogP contribution in [-0.4, -0.2) is 60.8 Å². The van der Waals surface area contributed by atoms with Gasteiger partial charge in [-0.2, -0.15) is 0 Å². The zero-order valence-electron chi connectivity index (χ0n) is 15.9. The van der Waals surface area contributed by atoms with Gasteiger partial charge < -0.3 is 25.0 Å². The van der Waals surface area contributed by atoms with Gasteiger partial charge in [-0.1, -0.05) is 18.2 Å². The van der Waals surface area contributed by atoms with Crippen molar-refractivity contribution in [3.8, 4) is 0 Å². The van der Waals surface area contributed by atoms with Crippen LogP contribution in [0.15, 0.2) is 30.3 Å². The molecule has 8 heteroatoms. The van der Waals surface area contributed by atoms with Gasteiger partial charge in [-0.15, -0.1) is 0 Å². The largest absolute Gasteiger partial charge is 0.452 e. The van der Waals surface area contributed by atoms with E-state index in [9.17, 15) is 14.4 Å². The summed E-state index contributed by atoms with van der Waals surface area (Å²) in [5.74, 6) is -0.773. The number of anilines is 1. The maximum atomic E-state index is 12.4. The number of ether oxygens (including phenoxy) is 2. The molecule has 3 atom stereocenters. The van der Waals surface area contributed by atoms with Crippen LogP contribution >= 0.6 is 0 Å². The maximum absolute atomic E-state index is 12.4. The molecule has 1 heterocycles. The molecule has 1 aromatic rings. The van der Waals surface area contributed by atoms with E-state index in [0.29, 0.717) is 18.8 Å². The SMILES string of the molecule is C[C@@H]1CN(C(=O)[C@@H](C)OC(=O)CCNC(=O)Nc2ccccc2)C[C@H](C)O1. The average molecular weight is 377 g/mol. The first-order valence-electron chi connectivity index (χ1n) is 9.08. The van der Waals surface area contributed by atoms with Crippen molar-refractivity contribution in [3.05, 3.63) is 30.3 Å². The monoisotopic (exact) mass is 377 g/mol. The number of carbonyl (C=O) groups is 3.